The molecule has 0 unspecified atom stereocenters. The Labute approximate surface area is 297 Å². The Hall–Kier alpha value is -7.11. The molecule has 8 aromatic carbocycles. The van der Waals surface area contributed by atoms with Crippen molar-refractivity contribution in [2.75, 3.05) is 0 Å². The molecular formula is C47H27N3O2. The molecule has 0 saturated heterocycles. The van der Waals surface area contributed by atoms with E-state index in [1.54, 1.807) is 0 Å². The third-order valence-electron chi connectivity index (χ3n) is 10.1. The van der Waals surface area contributed by atoms with Gasteiger partial charge in [0.05, 0.1) is 0 Å². The number of fused-ring (bicyclic) bond motifs is 8. The fourth-order valence-electron chi connectivity index (χ4n) is 7.81. The van der Waals surface area contributed by atoms with Crippen molar-refractivity contribution in [3.05, 3.63) is 164 Å². The van der Waals surface area contributed by atoms with E-state index in [0.717, 1.165) is 87.9 Å². The molecule has 0 atom stereocenters. The SMILES string of the molecule is c1ccc(-c2nc(-c3cccc4c(-c5c6ccccc6cc6c5oc5ccccc56)cccc34)nc(-c3cccc4oc5ccccc5c34)n2)cc1. The van der Waals surface area contributed by atoms with Gasteiger partial charge in [-0.05, 0) is 51.4 Å². The van der Waals surface area contributed by atoms with Gasteiger partial charge in [-0.15, -0.1) is 0 Å². The van der Waals surface area contributed by atoms with Crippen LogP contribution in [0.5, 0.6) is 0 Å². The van der Waals surface area contributed by atoms with Crippen molar-refractivity contribution in [2.24, 2.45) is 0 Å². The molecule has 0 radical (unpaired) electrons. The van der Waals surface area contributed by atoms with Gasteiger partial charge in [0.1, 0.15) is 22.3 Å². The molecule has 0 saturated carbocycles. The molecule has 11 aromatic rings. The van der Waals surface area contributed by atoms with E-state index in [0.29, 0.717) is 17.5 Å². The van der Waals surface area contributed by atoms with Gasteiger partial charge in [0.2, 0.25) is 0 Å². The van der Waals surface area contributed by atoms with Crippen molar-refractivity contribution in [2.45, 2.75) is 0 Å². The number of benzene rings is 8. The van der Waals surface area contributed by atoms with Crippen LogP contribution in [0.4, 0.5) is 0 Å². The number of aromatic nitrogens is 3. The molecule has 3 heterocycles. The summed E-state index contributed by atoms with van der Waals surface area (Å²) in [6.45, 7) is 0. The molecule has 242 valence electrons. The van der Waals surface area contributed by atoms with E-state index in [1.807, 2.05) is 72.8 Å². The Kier molecular flexibility index (Phi) is 6.18. The van der Waals surface area contributed by atoms with Gasteiger partial charge in [-0.2, -0.15) is 0 Å². The summed E-state index contributed by atoms with van der Waals surface area (Å²) in [5.41, 5.74) is 8.28. The summed E-state index contributed by atoms with van der Waals surface area (Å²) >= 11 is 0. The molecule has 0 aliphatic heterocycles. The van der Waals surface area contributed by atoms with Gasteiger partial charge in [-0.1, -0.05) is 140 Å². The molecule has 0 spiro atoms. The van der Waals surface area contributed by atoms with Gasteiger partial charge in [-0.25, -0.2) is 15.0 Å². The molecule has 0 aliphatic carbocycles. The van der Waals surface area contributed by atoms with E-state index in [4.69, 9.17) is 23.8 Å². The third kappa shape index (κ3) is 4.33. The zero-order chi connectivity index (χ0) is 34.2. The lowest BCUT2D eigenvalue weighted by Gasteiger charge is -2.14. The second-order valence-electron chi connectivity index (χ2n) is 13.1. The highest BCUT2D eigenvalue weighted by molar-refractivity contribution is 6.21. The summed E-state index contributed by atoms with van der Waals surface area (Å²) in [6, 6.07) is 56.2. The molecule has 11 rings (SSSR count). The largest absolute Gasteiger partial charge is 0.456 e. The van der Waals surface area contributed by atoms with Gasteiger partial charge in [0, 0.05) is 43.8 Å². The number of furan rings is 2. The Bertz CT molecular complexity index is 3190. The number of hydrogen-bond donors (Lipinski definition) is 0. The van der Waals surface area contributed by atoms with E-state index >= 15 is 0 Å². The lowest BCUT2D eigenvalue weighted by atomic mass is 9.90. The average molecular weight is 666 g/mol. The minimum absolute atomic E-state index is 0.590. The first-order valence-corrected chi connectivity index (χ1v) is 17.4. The van der Waals surface area contributed by atoms with Crippen LogP contribution < -0.4 is 0 Å². The lowest BCUT2D eigenvalue weighted by Crippen LogP contribution is -2.01. The van der Waals surface area contributed by atoms with E-state index < -0.39 is 0 Å². The Morgan fingerprint density at radius 2 is 0.904 bits per heavy atom. The summed E-state index contributed by atoms with van der Waals surface area (Å²) in [6.07, 6.45) is 0. The molecule has 5 nitrogen and oxygen atoms in total. The van der Waals surface area contributed by atoms with Crippen LogP contribution in [0.3, 0.4) is 0 Å². The predicted octanol–water partition coefficient (Wildman–Crippen LogP) is 12.6. The van der Waals surface area contributed by atoms with E-state index in [9.17, 15) is 0 Å². The Morgan fingerprint density at radius 3 is 1.73 bits per heavy atom. The maximum absolute atomic E-state index is 6.66. The number of rotatable bonds is 4. The van der Waals surface area contributed by atoms with Crippen LogP contribution >= 0.6 is 0 Å². The third-order valence-corrected chi connectivity index (χ3v) is 10.1. The van der Waals surface area contributed by atoms with Crippen LogP contribution in [0.2, 0.25) is 0 Å². The second kappa shape index (κ2) is 11.2. The summed E-state index contributed by atoms with van der Waals surface area (Å²) in [7, 11) is 0. The van der Waals surface area contributed by atoms with Crippen LogP contribution in [0, 0.1) is 0 Å². The molecule has 0 amide bonds. The van der Waals surface area contributed by atoms with Gasteiger partial charge >= 0.3 is 0 Å². The highest BCUT2D eigenvalue weighted by Crippen LogP contribution is 2.44. The van der Waals surface area contributed by atoms with Gasteiger partial charge in [-0.3, -0.25) is 0 Å². The smallest absolute Gasteiger partial charge is 0.164 e. The van der Waals surface area contributed by atoms with Crippen LogP contribution in [0.15, 0.2) is 173 Å². The first-order valence-electron chi connectivity index (χ1n) is 17.4. The molecule has 5 heteroatoms. The molecule has 0 N–H and O–H groups in total. The van der Waals surface area contributed by atoms with Crippen molar-refractivity contribution < 1.29 is 8.83 Å². The number of nitrogens with zero attached hydrogens (tertiary/aromatic N) is 3. The van der Waals surface area contributed by atoms with Crippen molar-refractivity contribution in [1.29, 1.82) is 0 Å². The molecule has 52 heavy (non-hydrogen) atoms. The predicted molar refractivity (Wildman–Crippen MR) is 211 cm³/mol. The van der Waals surface area contributed by atoms with Crippen LogP contribution in [0.25, 0.3) is 111 Å². The average Bonchev–Trinajstić information content (AvgIpc) is 3.78. The maximum atomic E-state index is 6.66. The zero-order valence-electron chi connectivity index (χ0n) is 27.7. The minimum atomic E-state index is 0.590. The minimum Gasteiger partial charge on any atom is -0.456 e. The summed E-state index contributed by atoms with van der Waals surface area (Å²) < 4.78 is 12.9. The molecular weight excluding hydrogens is 639 g/mol. The fraction of sp³-hybridized carbons (Fsp3) is 0. The second-order valence-corrected chi connectivity index (χ2v) is 13.1. The van der Waals surface area contributed by atoms with Gasteiger partial charge in [0.15, 0.2) is 17.5 Å². The monoisotopic (exact) mass is 665 g/mol. The lowest BCUT2D eigenvalue weighted by molar-refractivity contribution is 0.669. The van der Waals surface area contributed by atoms with E-state index in [-0.39, 0.29) is 0 Å². The van der Waals surface area contributed by atoms with Crippen molar-refractivity contribution in [3.8, 4) is 45.3 Å². The summed E-state index contributed by atoms with van der Waals surface area (Å²) in [5.74, 6) is 1.80. The highest BCUT2D eigenvalue weighted by Gasteiger charge is 2.21. The van der Waals surface area contributed by atoms with Crippen LogP contribution in [-0.4, -0.2) is 15.0 Å². The quantitative estimate of drug-likeness (QED) is 0.187. The van der Waals surface area contributed by atoms with Crippen molar-refractivity contribution in [3.63, 3.8) is 0 Å². The molecule has 0 aliphatic rings. The first kappa shape index (κ1) is 28.7. The van der Waals surface area contributed by atoms with E-state index in [1.165, 1.54) is 5.39 Å². The molecule has 0 fully saturated rings. The maximum Gasteiger partial charge on any atom is 0.164 e. The van der Waals surface area contributed by atoms with Crippen molar-refractivity contribution >= 4 is 65.4 Å². The normalized spacial score (nSPS) is 11.8. The van der Waals surface area contributed by atoms with Gasteiger partial charge < -0.3 is 8.83 Å². The van der Waals surface area contributed by atoms with Gasteiger partial charge in [0.25, 0.3) is 0 Å². The molecule has 0 bridgehead atoms. The number of hydrogen-bond acceptors (Lipinski definition) is 5. The Balaban J connectivity index is 1.19. The van der Waals surface area contributed by atoms with E-state index in [2.05, 4.69) is 91.0 Å². The zero-order valence-corrected chi connectivity index (χ0v) is 27.7. The number of para-hydroxylation sites is 2. The summed E-state index contributed by atoms with van der Waals surface area (Å²) in [4.78, 5) is 15.5. The first-order chi connectivity index (χ1) is 25.8. The standard InChI is InChI=1S/C47H27N3O2/c1-2-13-28(14-3-1)45-48-46(50-47(49-45)37-23-12-26-41-42(37)36-18-7-9-25-40(36)51-41)35-22-11-19-31-32(35)20-10-21-34(31)43-30-16-5-4-15-29(30)27-38-33-17-6-8-24-39(33)52-44(38)43/h1-27H. The highest BCUT2D eigenvalue weighted by atomic mass is 16.3. The van der Waals surface area contributed by atoms with Crippen molar-refractivity contribution in [1.82, 2.24) is 15.0 Å². The Morgan fingerprint density at radius 1 is 0.346 bits per heavy atom. The van der Waals surface area contributed by atoms with Crippen LogP contribution in [0.1, 0.15) is 0 Å². The topological polar surface area (TPSA) is 65.0 Å². The van der Waals surface area contributed by atoms with Crippen LogP contribution in [-0.2, 0) is 0 Å². The fourth-order valence-corrected chi connectivity index (χ4v) is 7.81. The summed E-state index contributed by atoms with van der Waals surface area (Å²) in [5, 5.41) is 8.66. The molecule has 3 aromatic heterocycles.